The molecule has 1 atom stereocenters. The fourth-order valence-corrected chi connectivity index (χ4v) is 2.14. The lowest BCUT2D eigenvalue weighted by Crippen LogP contribution is -2.49. The SMILES string of the molecule is CC1CN(Cc2ncncc2C(=O)O)CCN1C. The number of hydrogen-bond acceptors (Lipinski definition) is 5. The van der Waals surface area contributed by atoms with E-state index in [9.17, 15) is 4.79 Å². The van der Waals surface area contributed by atoms with Gasteiger partial charge in [-0.3, -0.25) is 4.90 Å². The van der Waals surface area contributed by atoms with Crippen LogP contribution in [0.4, 0.5) is 0 Å². The Labute approximate surface area is 106 Å². The standard InChI is InChI=1S/C12H18N4O2/c1-9-6-16(4-3-15(9)2)7-11-10(12(17)18)5-13-8-14-11/h5,8-9H,3-4,6-7H2,1-2H3,(H,17,18). The Bertz CT molecular complexity index is 438. The van der Waals surface area contributed by atoms with Crippen molar-refractivity contribution in [2.75, 3.05) is 26.7 Å². The van der Waals surface area contributed by atoms with E-state index in [1.54, 1.807) is 0 Å². The minimum absolute atomic E-state index is 0.198. The molecule has 1 fully saturated rings. The van der Waals surface area contributed by atoms with Crippen molar-refractivity contribution in [3.8, 4) is 0 Å². The number of carboxylic acid groups (broad SMARTS) is 1. The number of likely N-dealkylation sites (N-methyl/N-ethyl adjacent to an activating group) is 1. The summed E-state index contributed by atoms with van der Waals surface area (Å²) in [6.07, 6.45) is 2.77. The summed E-state index contributed by atoms with van der Waals surface area (Å²) in [4.78, 5) is 23.5. The van der Waals surface area contributed by atoms with E-state index in [0.29, 0.717) is 18.3 Å². The van der Waals surface area contributed by atoms with Crippen molar-refractivity contribution in [3.05, 3.63) is 23.8 Å². The van der Waals surface area contributed by atoms with E-state index < -0.39 is 5.97 Å². The van der Waals surface area contributed by atoms with Gasteiger partial charge in [0, 0.05) is 38.4 Å². The van der Waals surface area contributed by atoms with Crippen LogP contribution in [0.25, 0.3) is 0 Å². The van der Waals surface area contributed by atoms with Gasteiger partial charge < -0.3 is 10.0 Å². The largest absolute Gasteiger partial charge is 0.478 e. The summed E-state index contributed by atoms with van der Waals surface area (Å²) in [5.41, 5.74) is 0.790. The highest BCUT2D eigenvalue weighted by Gasteiger charge is 2.22. The average Bonchev–Trinajstić information content (AvgIpc) is 2.34. The van der Waals surface area contributed by atoms with E-state index in [1.807, 2.05) is 0 Å². The molecular formula is C12H18N4O2. The quantitative estimate of drug-likeness (QED) is 0.832. The van der Waals surface area contributed by atoms with Gasteiger partial charge in [0.05, 0.1) is 5.69 Å². The molecule has 6 nitrogen and oxygen atoms in total. The molecule has 1 aromatic rings. The maximum Gasteiger partial charge on any atom is 0.339 e. The first kappa shape index (κ1) is 12.9. The Morgan fingerprint density at radius 2 is 2.33 bits per heavy atom. The molecular weight excluding hydrogens is 232 g/mol. The van der Waals surface area contributed by atoms with Crippen molar-refractivity contribution in [1.29, 1.82) is 0 Å². The molecule has 98 valence electrons. The summed E-state index contributed by atoms with van der Waals surface area (Å²) in [5, 5.41) is 9.08. The highest BCUT2D eigenvalue weighted by Crippen LogP contribution is 2.12. The first-order chi connectivity index (χ1) is 8.58. The highest BCUT2D eigenvalue weighted by molar-refractivity contribution is 5.88. The average molecular weight is 250 g/mol. The van der Waals surface area contributed by atoms with Gasteiger partial charge >= 0.3 is 5.97 Å². The molecule has 6 heteroatoms. The normalized spacial score (nSPS) is 22.0. The number of piperazine rings is 1. The Balaban J connectivity index is 2.08. The van der Waals surface area contributed by atoms with Crippen LogP contribution in [0, 0.1) is 0 Å². The van der Waals surface area contributed by atoms with Crippen LogP contribution < -0.4 is 0 Å². The lowest BCUT2D eigenvalue weighted by Gasteiger charge is -2.37. The number of rotatable bonds is 3. The molecule has 1 aliphatic heterocycles. The third-order valence-electron chi connectivity index (χ3n) is 3.44. The van der Waals surface area contributed by atoms with Crippen LogP contribution in [0.2, 0.25) is 0 Å². The van der Waals surface area contributed by atoms with Gasteiger partial charge in [0.1, 0.15) is 11.9 Å². The van der Waals surface area contributed by atoms with Gasteiger partial charge in [0.2, 0.25) is 0 Å². The van der Waals surface area contributed by atoms with Crippen LogP contribution >= 0.6 is 0 Å². The minimum Gasteiger partial charge on any atom is -0.478 e. The number of hydrogen-bond donors (Lipinski definition) is 1. The zero-order valence-corrected chi connectivity index (χ0v) is 10.7. The van der Waals surface area contributed by atoms with Crippen molar-refractivity contribution in [2.24, 2.45) is 0 Å². The molecule has 0 radical (unpaired) electrons. The van der Waals surface area contributed by atoms with Gasteiger partial charge in [-0.2, -0.15) is 0 Å². The maximum absolute atomic E-state index is 11.1. The lowest BCUT2D eigenvalue weighted by molar-refractivity contribution is 0.0688. The monoisotopic (exact) mass is 250 g/mol. The number of aromatic nitrogens is 2. The second-order valence-electron chi connectivity index (χ2n) is 4.75. The summed E-state index contributed by atoms with van der Waals surface area (Å²) in [6, 6.07) is 0.480. The van der Waals surface area contributed by atoms with Crippen molar-refractivity contribution in [1.82, 2.24) is 19.8 Å². The van der Waals surface area contributed by atoms with Gasteiger partial charge in [0.15, 0.2) is 0 Å². The van der Waals surface area contributed by atoms with E-state index in [1.165, 1.54) is 12.5 Å². The van der Waals surface area contributed by atoms with Gasteiger partial charge in [-0.25, -0.2) is 14.8 Å². The second kappa shape index (κ2) is 5.41. The molecule has 2 heterocycles. The summed E-state index contributed by atoms with van der Waals surface area (Å²) >= 11 is 0. The molecule has 0 aromatic carbocycles. The predicted molar refractivity (Wildman–Crippen MR) is 66.4 cm³/mol. The topological polar surface area (TPSA) is 69.6 Å². The first-order valence-corrected chi connectivity index (χ1v) is 6.02. The maximum atomic E-state index is 11.1. The molecule has 1 saturated heterocycles. The lowest BCUT2D eigenvalue weighted by atomic mass is 10.1. The molecule has 1 N–H and O–H groups in total. The number of carboxylic acids is 1. The molecule has 0 saturated carbocycles. The van der Waals surface area contributed by atoms with Gasteiger partial charge in [-0.15, -0.1) is 0 Å². The van der Waals surface area contributed by atoms with Crippen molar-refractivity contribution < 1.29 is 9.90 Å². The first-order valence-electron chi connectivity index (χ1n) is 6.02. The summed E-state index contributed by atoms with van der Waals surface area (Å²) in [5.74, 6) is -0.965. The van der Waals surface area contributed by atoms with Crippen LogP contribution in [-0.4, -0.2) is 63.6 Å². The fourth-order valence-electron chi connectivity index (χ4n) is 2.14. The predicted octanol–water partition coefficient (Wildman–Crippen LogP) is 0.311. The molecule has 0 bridgehead atoms. The van der Waals surface area contributed by atoms with Gasteiger partial charge in [-0.05, 0) is 14.0 Å². The fraction of sp³-hybridized carbons (Fsp3) is 0.583. The zero-order valence-electron chi connectivity index (χ0n) is 10.7. The third-order valence-corrected chi connectivity index (χ3v) is 3.44. The molecule has 0 amide bonds. The molecule has 2 rings (SSSR count). The molecule has 0 spiro atoms. The summed E-state index contributed by atoms with van der Waals surface area (Å²) in [7, 11) is 2.11. The van der Waals surface area contributed by atoms with Crippen LogP contribution in [0.1, 0.15) is 23.0 Å². The second-order valence-corrected chi connectivity index (χ2v) is 4.75. The number of nitrogens with zero attached hydrogens (tertiary/aromatic N) is 4. The Morgan fingerprint density at radius 1 is 1.56 bits per heavy atom. The molecule has 18 heavy (non-hydrogen) atoms. The van der Waals surface area contributed by atoms with E-state index >= 15 is 0 Å². The third kappa shape index (κ3) is 2.83. The van der Waals surface area contributed by atoms with Crippen LogP contribution in [0.15, 0.2) is 12.5 Å². The van der Waals surface area contributed by atoms with E-state index in [2.05, 4.69) is 33.7 Å². The number of aromatic carboxylic acids is 1. The molecule has 1 aliphatic rings. The molecule has 1 unspecified atom stereocenters. The van der Waals surface area contributed by atoms with Crippen LogP contribution in [0.3, 0.4) is 0 Å². The van der Waals surface area contributed by atoms with E-state index in [0.717, 1.165) is 19.6 Å². The zero-order chi connectivity index (χ0) is 13.1. The Morgan fingerprint density at radius 3 is 3.00 bits per heavy atom. The van der Waals surface area contributed by atoms with Crippen molar-refractivity contribution in [2.45, 2.75) is 19.5 Å². The Kier molecular flexibility index (Phi) is 3.88. The highest BCUT2D eigenvalue weighted by atomic mass is 16.4. The van der Waals surface area contributed by atoms with Gasteiger partial charge in [0.25, 0.3) is 0 Å². The number of carbonyl (C=O) groups is 1. The van der Waals surface area contributed by atoms with Gasteiger partial charge in [-0.1, -0.05) is 0 Å². The van der Waals surface area contributed by atoms with Crippen LogP contribution in [0.5, 0.6) is 0 Å². The summed E-state index contributed by atoms with van der Waals surface area (Å²) < 4.78 is 0. The smallest absolute Gasteiger partial charge is 0.339 e. The summed E-state index contributed by atoms with van der Waals surface area (Å²) in [6.45, 7) is 5.60. The van der Waals surface area contributed by atoms with Crippen molar-refractivity contribution in [3.63, 3.8) is 0 Å². The van der Waals surface area contributed by atoms with Crippen LogP contribution in [-0.2, 0) is 6.54 Å². The van der Waals surface area contributed by atoms with Crippen molar-refractivity contribution >= 4 is 5.97 Å². The van der Waals surface area contributed by atoms with E-state index in [4.69, 9.17) is 5.11 Å². The van der Waals surface area contributed by atoms with E-state index in [-0.39, 0.29) is 5.56 Å². The molecule has 0 aliphatic carbocycles. The minimum atomic E-state index is -0.965. The Hall–Kier alpha value is -1.53. The molecule has 1 aromatic heterocycles.